The maximum atomic E-state index is 5.97. The number of para-hydroxylation sites is 2. The zero-order valence-corrected chi connectivity index (χ0v) is 12.6. The Morgan fingerprint density at radius 3 is 2.14 bits per heavy atom. The number of halogens is 1. The van der Waals surface area contributed by atoms with Crippen molar-refractivity contribution < 1.29 is 4.74 Å². The summed E-state index contributed by atoms with van der Waals surface area (Å²) in [6, 6.07) is 20.9. The Bertz CT molecular complexity index is 763. The van der Waals surface area contributed by atoms with Crippen LogP contribution in [0, 0.1) is 0 Å². The molecule has 1 aromatic heterocycles. The summed E-state index contributed by atoms with van der Waals surface area (Å²) in [6.45, 7) is 0. The van der Waals surface area contributed by atoms with Gasteiger partial charge in [0.2, 0.25) is 0 Å². The van der Waals surface area contributed by atoms with E-state index >= 15 is 0 Å². The minimum atomic E-state index is 0. The van der Waals surface area contributed by atoms with E-state index in [1.165, 1.54) is 0 Å². The molecular formula is C17H16ClN3O. The van der Waals surface area contributed by atoms with Gasteiger partial charge in [0.25, 0.3) is 0 Å². The van der Waals surface area contributed by atoms with Crippen LogP contribution in [0.1, 0.15) is 0 Å². The van der Waals surface area contributed by atoms with Gasteiger partial charge in [0.1, 0.15) is 23.1 Å². The number of pyridine rings is 1. The minimum Gasteiger partial charge on any atom is -0.457 e. The van der Waals surface area contributed by atoms with Crippen LogP contribution in [0.4, 0.5) is 11.6 Å². The van der Waals surface area contributed by atoms with Crippen molar-refractivity contribution >= 4 is 24.0 Å². The molecule has 0 fully saturated rings. The van der Waals surface area contributed by atoms with Crippen LogP contribution >= 0.6 is 12.4 Å². The van der Waals surface area contributed by atoms with Crippen LogP contribution in [0.5, 0.6) is 11.5 Å². The largest absolute Gasteiger partial charge is 0.457 e. The molecule has 0 amide bonds. The third-order valence-electron chi connectivity index (χ3n) is 3.09. The number of hydrogen-bond acceptors (Lipinski definition) is 4. The molecule has 0 bridgehead atoms. The lowest BCUT2D eigenvalue weighted by atomic mass is 10.1. The number of nitrogens with two attached hydrogens (primary N) is 2. The molecule has 0 aliphatic carbocycles. The molecule has 0 aliphatic heterocycles. The zero-order valence-electron chi connectivity index (χ0n) is 11.8. The molecular weight excluding hydrogens is 298 g/mol. The molecule has 0 unspecified atom stereocenters. The first-order valence-electron chi connectivity index (χ1n) is 6.58. The van der Waals surface area contributed by atoms with E-state index in [4.69, 9.17) is 16.2 Å². The molecule has 112 valence electrons. The molecule has 0 spiro atoms. The van der Waals surface area contributed by atoms with Crippen molar-refractivity contribution in [1.82, 2.24) is 4.98 Å². The zero-order chi connectivity index (χ0) is 14.7. The second-order valence-corrected chi connectivity index (χ2v) is 4.58. The van der Waals surface area contributed by atoms with Crippen LogP contribution in [0.25, 0.3) is 11.1 Å². The number of rotatable bonds is 3. The molecule has 0 saturated carbocycles. The van der Waals surface area contributed by atoms with Crippen LogP contribution in [0.3, 0.4) is 0 Å². The first kappa shape index (κ1) is 15.7. The summed E-state index contributed by atoms with van der Waals surface area (Å²) in [7, 11) is 0. The molecule has 4 nitrogen and oxygen atoms in total. The summed E-state index contributed by atoms with van der Waals surface area (Å²) in [5, 5.41) is 0. The van der Waals surface area contributed by atoms with Crippen molar-refractivity contribution in [1.29, 1.82) is 0 Å². The van der Waals surface area contributed by atoms with Crippen molar-refractivity contribution in [2.75, 3.05) is 11.5 Å². The van der Waals surface area contributed by atoms with Crippen molar-refractivity contribution in [3.8, 4) is 22.6 Å². The van der Waals surface area contributed by atoms with Crippen LogP contribution in [-0.2, 0) is 0 Å². The van der Waals surface area contributed by atoms with Gasteiger partial charge >= 0.3 is 0 Å². The Morgan fingerprint density at radius 2 is 1.41 bits per heavy atom. The van der Waals surface area contributed by atoms with Gasteiger partial charge < -0.3 is 16.2 Å². The van der Waals surface area contributed by atoms with E-state index in [1.807, 2.05) is 60.7 Å². The molecule has 4 N–H and O–H groups in total. The Morgan fingerprint density at radius 1 is 0.727 bits per heavy atom. The summed E-state index contributed by atoms with van der Waals surface area (Å²) in [6.07, 6.45) is 0. The highest BCUT2D eigenvalue weighted by Crippen LogP contribution is 2.35. The van der Waals surface area contributed by atoms with Crippen LogP contribution in [0.2, 0.25) is 0 Å². The number of benzene rings is 2. The topological polar surface area (TPSA) is 74.2 Å². The normalized spacial score (nSPS) is 9.82. The van der Waals surface area contributed by atoms with Crippen molar-refractivity contribution in [3.05, 3.63) is 66.7 Å². The highest BCUT2D eigenvalue weighted by atomic mass is 35.5. The minimum absolute atomic E-state index is 0. The summed E-state index contributed by atoms with van der Waals surface area (Å²) in [5.41, 5.74) is 13.3. The van der Waals surface area contributed by atoms with Gasteiger partial charge in [-0.1, -0.05) is 36.4 Å². The molecule has 0 aliphatic rings. The molecule has 3 aromatic rings. The number of anilines is 2. The third kappa shape index (κ3) is 3.30. The number of hydrogen-bond donors (Lipinski definition) is 2. The molecule has 2 aromatic carbocycles. The van der Waals surface area contributed by atoms with Gasteiger partial charge in [-0.05, 0) is 30.3 Å². The Hall–Kier alpha value is -2.72. The average Bonchev–Trinajstić information content (AvgIpc) is 2.49. The predicted octanol–water partition coefficient (Wildman–Crippen LogP) is 4.13. The lowest BCUT2D eigenvalue weighted by molar-refractivity contribution is 0.484. The molecule has 22 heavy (non-hydrogen) atoms. The Balaban J connectivity index is 0.00000176. The quantitative estimate of drug-likeness (QED) is 0.762. The molecule has 3 rings (SSSR count). The van der Waals surface area contributed by atoms with Crippen molar-refractivity contribution in [3.63, 3.8) is 0 Å². The van der Waals surface area contributed by atoms with Gasteiger partial charge in [0.05, 0.1) is 0 Å². The fraction of sp³-hybridized carbons (Fsp3) is 0. The lowest BCUT2D eigenvalue weighted by Crippen LogP contribution is -1.99. The monoisotopic (exact) mass is 313 g/mol. The van der Waals surface area contributed by atoms with Crippen molar-refractivity contribution in [2.24, 2.45) is 0 Å². The molecule has 5 heteroatoms. The van der Waals surface area contributed by atoms with Crippen LogP contribution in [-0.4, -0.2) is 4.98 Å². The van der Waals surface area contributed by atoms with Gasteiger partial charge in [-0.15, -0.1) is 12.4 Å². The highest BCUT2D eigenvalue weighted by Gasteiger charge is 2.10. The standard InChI is InChI=1S/C17H15N3O.ClH/c18-16-11-10-14(17(19)20-16)13-8-4-5-9-15(13)21-12-6-2-1-3-7-12;/h1-11H,(H4,18,19,20);1H. The van der Waals surface area contributed by atoms with Gasteiger partial charge in [0.15, 0.2) is 0 Å². The van der Waals surface area contributed by atoms with E-state index in [9.17, 15) is 0 Å². The van der Waals surface area contributed by atoms with Crippen LogP contribution < -0.4 is 16.2 Å². The van der Waals surface area contributed by atoms with E-state index in [1.54, 1.807) is 6.07 Å². The van der Waals surface area contributed by atoms with E-state index in [-0.39, 0.29) is 12.4 Å². The molecule has 0 saturated heterocycles. The summed E-state index contributed by atoms with van der Waals surface area (Å²) in [5.74, 6) is 2.28. The van der Waals surface area contributed by atoms with Gasteiger partial charge in [-0.25, -0.2) is 4.98 Å². The molecule has 1 heterocycles. The fourth-order valence-electron chi connectivity index (χ4n) is 2.11. The summed E-state index contributed by atoms with van der Waals surface area (Å²) < 4.78 is 5.93. The molecule has 0 atom stereocenters. The number of ether oxygens (including phenoxy) is 1. The number of aromatic nitrogens is 1. The molecule has 0 radical (unpaired) electrons. The lowest BCUT2D eigenvalue weighted by Gasteiger charge is -2.12. The van der Waals surface area contributed by atoms with E-state index < -0.39 is 0 Å². The van der Waals surface area contributed by atoms with Gasteiger partial charge in [0, 0.05) is 11.1 Å². The fourth-order valence-corrected chi connectivity index (χ4v) is 2.11. The first-order valence-corrected chi connectivity index (χ1v) is 6.58. The maximum Gasteiger partial charge on any atom is 0.135 e. The average molecular weight is 314 g/mol. The number of nitrogens with zero attached hydrogens (tertiary/aromatic N) is 1. The van der Waals surface area contributed by atoms with Gasteiger partial charge in [-0.2, -0.15) is 0 Å². The van der Waals surface area contributed by atoms with Crippen molar-refractivity contribution in [2.45, 2.75) is 0 Å². The summed E-state index contributed by atoms with van der Waals surface area (Å²) in [4.78, 5) is 4.10. The Labute approximate surface area is 135 Å². The smallest absolute Gasteiger partial charge is 0.135 e. The highest BCUT2D eigenvalue weighted by molar-refractivity contribution is 5.85. The second-order valence-electron chi connectivity index (χ2n) is 4.58. The third-order valence-corrected chi connectivity index (χ3v) is 3.09. The van der Waals surface area contributed by atoms with E-state index in [0.717, 1.165) is 22.6 Å². The summed E-state index contributed by atoms with van der Waals surface area (Å²) >= 11 is 0. The van der Waals surface area contributed by atoms with Gasteiger partial charge in [-0.3, -0.25) is 0 Å². The Kier molecular flexibility index (Phi) is 4.86. The second kappa shape index (κ2) is 6.83. The SMILES string of the molecule is Cl.Nc1ccc(-c2ccccc2Oc2ccccc2)c(N)n1. The van der Waals surface area contributed by atoms with Crippen LogP contribution in [0.15, 0.2) is 66.7 Å². The van der Waals surface area contributed by atoms with E-state index in [2.05, 4.69) is 4.98 Å². The number of nitrogen functional groups attached to an aromatic ring is 2. The maximum absolute atomic E-state index is 5.97. The van der Waals surface area contributed by atoms with E-state index in [0.29, 0.717) is 11.6 Å². The first-order chi connectivity index (χ1) is 10.2. The predicted molar refractivity (Wildman–Crippen MR) is 92.3 cm³/mol.